The van der Waals surface area contributed by atoms with Crippen molar-refractivity contribution in [2.45, 2.75) is 50.8 Å². The molecule has 1 atom stereocenters. The quantitative estimate of drug-likeness (QED) is 0.716. The van der Waals surface area contributed by atoms with Crippen molar-refractivity contribution < 1.29 is 19.0 Å². The van der Waals surface area contributed by atoms with Crippen LogP contribution in [0.3, 0.4) is 0 Å². The predicted molar refractivity (Wildman–Crippen MR) is 109 cm³/mol. The number of pyridine rings is 1. The molecule has 2 heterocycles. The number of nitrogens with zero attached hydrogens (tertiary/aromatic N) is 2. The zero-order chi connectivity index (χ0) is 19.9. The number of amides is 1. The maximum absolute atomic E-state index is 13.0. The van der Waals surface area contributed by atoms with Crippen LogP contribution in [0.1, 0.15) is 37.7 Å². The Kier molecular flexibility index (Phi) is 6.62. The molecule has 1 aliphatic carbocycles. The van der Waals surface area contributed by atoms with Gasteiger partial charge in [-0.25, -0.2) is 0 Å². The Bertz CT molecular complexity index is 792. The molecule has 0 radical (unpaired) electrons. The van der Waals surface area contributed by atoms with Crippen LogP contribution in [0.15, 0.2) is 48.8 Å². The highest BCUT2D eigenvalue weighted by molar-refractivity contribution is 5.77. The van der Waals surface area contributed by atoms with E-state index in [-0.39, 0.29) is 24.7 Å². The molecule has 154 valence electrons. The van der Waals surface area contributed by atoms with Crippen molar-refractivity contribution in [2.75, 3.05) is 19.8 Å². The molecule has 4 rings (SSSR count). The number of hydrogen-bond donors (Lipinski definition) is 0. The minimum Gasteiger partial charge on any atom is -0.486 e. The van der Waals surface area contributed by atoms with Crippen molar-refractivity contribution in [2.24, 2.45) is 0 Å². The van der Waals surface area contributed by atoms with Gasteiger partial charge in [0.05, 0.1) is 6.61 Å². The molecule has 0 bridgehead atoms. The van der Waals surface area contributed by atoms with Gasteiger partial charge < -0.3 is 19.1 Å². The van der Waals surface area contributed by atoms with Crippen LogP contribution in [-0.2, 0) is 16.1 Å². The van der Waals surface area contributed by atoms with Crippen molar-refractivity contribution >= 4 is 5.91 Å². The number of aromatic nitrogens is 1. The molecule has 1 aliphatic heterocycles. The number of carbonyl (C=O) groups is 1. The molecule has 1 amide bonds. The standard InChI is InChI=1S/C23H28N2O4/c26-23(17-27-15-20-16-28-21-10-4-5-11-22(21)29-20)25(19-8-2-1-3-9-19)14-18-7-6-12-24-13-18/h4-7,10-13,19-20H,1-3,8-9,14-17H2. The molecular formula is C23H28N2O4. The number of hydrogen-bond acceptors (Lipinski definition) is 5. The van der Waals surface area contributed by atoms with E-state index in [0.29, 0.717) is 19.8 Å². The first-order chi connectivity index (χ1) is 14.3. The Hall–Kier alpha value is -2.60. The summed E-state index contributed by atoms with van der Waals surface area (Å²) in [6.45, 7) is 1.38. The second-order valence-corrected chi connectivity index (χ2v) is 7.69. The van der Waals surface area contributed by atoms with Crippen LogP contribution >= 0.6 is 0 Å². The zero-order valence-electron chi connectivity index (χ0n) is 16.7. The SMILES string of the molecule is O=C(COCC1COc2ccccc2O1)N(Cc1cccnc1)C1CCCCC1. The number of rotatable bonds is 7. The van der Waals surface area contributed by atoms with Crippen LogP contribution < -0.4 is 9.47 Å². The van der Waals surface area contributed by atoms with Gasteiger partial charge in [0.25, 0.3) is 0 Å². The van der Waals surface area contributed by atoms with Crippen LogP contribution in [0.4, 0.5) is 0 Å². The lowest BCUT2D eigenvalue weighted by Gasteiger charge is -2.34. The third-order valence-electron chi connectivity index (χ3n) is 5.51. The predicted octanol–water partition coefficient (Wildman–Crippen LogP) is 3.60. The Morgan fingerprint density at radius 1 is 1.10 bits per heavy atom. The van der Waals surface area contributed by atoms with E-state index in [9.17, 15) is 4.79 Å². The van der Waals surface area contributed by atoms with E-state index >= 15 is 0 Å². The van der Waals surface area contributed by atoms with Crippen molar-refractivity contribution in [1.82, 2.24) is 9.88 Å². The van der Waals surface area contributed by atoms with E-state index in [1.807, 2.05) is 47.5 Å². The normalized spacial score (nSPS) is 19.0. The van der Waals surface area contributed by atoms with Crippen LogP contribution in [-0.4, -0.2) is 47.8 Å². The van der Waals surface area contributed by atoms with Gasteiger partial charge in [-0.15, -0.1) is 0 Å². The second kappa shape index (κ2) is 9.74. The van der Waals surface area contributed by atoms with Gasteiger partial charge in [0, 0.05) is 25.0 Å². The molecule has 6 nitrogen and oxygen atoms in total. The third-order valence-corrected chi connectivity index (χ3v) is 5.51. The average Bonchev–Trinajstić information content (AvgIpc) is 2.78. The minimum atomic E-state index is -0.209. The van der Waals surface area contributed by atoms with Crippen molar-refractivity contribution in [3.05, 3.63) is 54.4 Å². The van der Waals surface area contributed by atoms with E-state index in [1.54, 1.807) is 6.20 Å². The van der Waals surface area contributed by atoms with Crippen LogP contribution in [0, 0.1) is 0 Å². The average molecular weight is 396 g/mol. The molecule has 1 aromatic carbocycles. The van der Waals surface area contributed by atoms with E-state index in [2.05, 4.69) is 4.98 Å². The Labute approximate surface area is 171 Å². The van der Waals surface area contributed by atoms with Gasteiger partial charge in [-0.1, -0.05) is 37.5 Å². The number of para-hydroxylation sites is 2. The van der Waals surface area contributed by atoms with E-state index in [4.69, 9.17) is 14.2 Å². The lowest BCUT2D eigenvalue weighted by atomic mass is 9.94. The molecule has 1 fully saturated rings. The fourth-order valence-corrected chi connectivity index (χ4v) is 4.01. The zero-order valence-corrected chi connectivity index (χ0v) is 16.7. The number of fused-ring (bicyclic) bond motifs is 1. The summed E-state index contributed by atoms with van der Waals surface area (Å²) in [6.07, 6.45) is 9.09. The van der Waals surface area contributed by atoms with Crippen molar-refractivity contribution in [3.63, 3.8) is 0 Å². The van der Waals surface area contributed by atoms with E-state index in [0.717, 1.165) is 29.9 Å². The summed E-state index contributed by atoms with van der Waals surface area (Å²) >= 11 is 0. The molecule has 0 N–H and O–H groups in total. The second-order valence-electron chi connectivity index (χ2n) is 7.69. The van der Waals surface area contributed by atoms with Gasteiger partial charge in [0.2, 0.25) is 5.91 Å². The Morgan fingerprint density at radius 2 is 1.93 bits per heavy atom. The van der Waals surface area contributed by atoms with E-state index < -0.39 is 0 Å². The summed E-state index contributed by atoms with van der Waals surface area (Å²) < 4.78 is 17.4. The highest BCUT2D eigenvalue weighted by Crippen LogP contribution is 2.31. The largest absolute Gasteiger partial charge is 0.486 e. The minimum absolute atomic E-state index is 0.0258. The number of benzene rings is 1. The first kappa shape index (κ1) is 19.7. The van der Waals surface area contributed by atoms with Gasteiger partial charge >= 0.3 is 0 Å². The third kappa shape index (κ3) is 5.26. The molecule has 0 spiro atoms. The van der Waals surface area contributed by atoms with Crippen LogP contribution in [0.5, 0.6) is 11.5 Å². The lowest BCUT2D eigenvalue weighted by Crippen LogP contribution is -2.43. The van der Waals surface area contributed by atoms with Gasteiger partial charge in [-0.3, -0.25) is 9.78 Å². The maximum atomic E-state index is 13.0. The Balaban J connectivity index is 1.31. The van der Waals surface area contributed by atoms with Crippen LogP contribution in [0.2, 0.25) is 0 Å². The molecule has 29 heavy (non-hydrogen) atoms. The van der Waals surface area contributed by atoms with E-state index in [1.165, 1.54) is 19.3 Å². The lowest BCUT2D eigenvalue weighted by molar-refractivity contribution is -0.141. The highest BCUT2D eigenvalue weighted by Gasteiger charge is 2.27. The summed E-state index contributed by atoms with van der Waals surface area (Å²) in [4.78, 5) is 19.2. The van der Waals surface area contributed by atoms with Crippen molar-refractivity contribution in [3.8, 4) is 11.5 Å². The molecular weight excluding hydrogens is 368 g/mol. The van der Waals surface area contributed by atoms with Gasteiger partial charge in [-0.05, 0) is 36.6 Å². The molecule has 0 saturated heterocycles. The summed E-state index contributed by atoms with van der Waals surface area (Å²) in [7, 11) is 0. The van der Waals surface area contributed by atoms with Gasteiger partial charge in [0.15, 0.2) is 17.6 Å². The molecule has 1 saturated carbocycles. The first-order valence-corrected chi connectivity index (χ1v) is 10.4. The molecule has 1 unspecified atom stereocenters. The molecule has 2 aromatic rings. The topological polar surface area (TPSA) is 60.9 Å². The van der Waals surface area contributed by atoms with Gasteiger partial charge in [-0.2, -0.15) is 0 Å². The number of ether oxygens (including phenoxy) is 3. The summed E-state index contributed by atoms with van der Waals surface area (Å²) in [5, 5.41) is 0. The first-order valence-electron chi connectivity index (χ1n) is 10.4. The summed E-state index contributed by atoms with van der Waals surface area (Å²) in [5.41, 5.74) is 1.05. The van der Waals surface area contributed by atoms with Gasteiger partial charge in [0.1, 0.15) is 13.2 Å². The monoisotopic (exact) mass is 396 g/mol. The van der Waals surface area contributed by atoms with Crippen LogP contribution in [0.25, 0.3) is 0 Å². The molecule has 2 aliphatic rings. The summed E-state index contributed by atoms with van der Waals surface area (Å²) in [5.74, 6) is 1.50. The Morgan fingerprint density at radius 3 is 2.72 bits per heavy atom. The fourth-order valence-electron chi connectivity index (χ4n) is 4.01. The highest BCUT2D eigenvalue weighted by atomic mass is 16.6. The van der Waals surface area contributed by atoms with Crippen molar-refractivity contribution in [1.29, 1.82) is 0 Å². The maximum Gasteiger partial charge on any atom is 0.249 e. The molecule has 6 heteroatoms. The number of carbonyl (C=O) groups excluding carboxylic acids is 1. The smallest absolute Gasteiger partial charge is 0.249 e. The summed E-state index contributed by atoms with van der Waals surface area (Å²) in [6, 6.07) is 11.8. The molecule has 1 aromatic heterocycles. The fraction of sp³-hybridized carbons (Fsp3) is 0.478.